The summed E-state index contributed by atoms with van der Waals surface area (Å²) in [4.78, 5) is 12.5. The Kier molecular flexibility index (Phi) is 4.71. The molecule has 0 atom stereocenters. The fourth-order valence-electron chi connectivity index (χ4n) is 3.44. The lowest BCUT2D eigenvalue weighted by Crippen LogP contribution is -2.13. The Morgan fingerprint density at radius 3 is 2.85 bits per heavy atom. The van der Waals surface area contributed by atoms with E-state index < -0.39 is 5.82 Å². The lowest BCUT2D eigenvalue weighted by molar-refractivity contribution is 0.102. The van der Waals surface area contributed by atoms with Crippen LogP contribution >= 0.6 is 0 Å². The summed E-state index contributed by atoms with van der Waals surface area (Å²) in [6, 6.07) is 11.9. The van der Waals surface area contributed by atoms with Crippen molar-refractivity contribution in [2.75, 3.05) is 5.32 Å². The molecule has 1 aromatic heterocycles. The van der Waals surface area contributed by atoms with Crippen LogP contribution in [-0.4, -0.2) is 20.7 Å². The fourth-order valence-corrected chi connectivity index (χ4v) is 3.44. The third-order valence-electron chi connectivity index (χ3n) is 4.86. The van der Waals surface area contributed by atoms with Crippen molar-refractivity contribution < 1.29 is 9.18 Å². The molecule has 1 aliphatic rings. The number of hydrogen-bond acceptors (Lipinski definition) is 3. The summed E-state index contributed by atoms with van der Waals surface area (Å²) in [6.45, 7) is 2.77. The zero-order valence-corrected chi connectivity index (χ0v) is 15.2. The van der Waals surface area contributed by atoms with Crippen molar-refractivity contribution in [1.82, 2.24) is 14.8 Å². The lowest BCUT2D eigenvalue weighted by Gasteiger charge is -2.11. The fraction of sp³-hybridized carbons (Fsp3) is 0.286. The van der Waals surface area contributed by atoms with Crippen LogP contribution in [0.3, 0.4) is 0 Å². The van der Waals surface area contributed by atoms with E-state index in [1.807, 2.05) is 19.1 Å². The number of hydrogen-bond donors (Lipinski definition) is 1. The number of carbonyl (C=O) groups excluding carboxylic acids is 1. The predicted octanol–water partition coefficient (Wildman–Crippen LogP) is 4.37. The Morgan fingerprint density at radius 2 is 2.00 bits per heavy atom. The Balaban J connectivity index is 1.64. The van der Waals surface area contributed by atoms with Crippen molar-refractivity contribution in [3.63, 3.8) is 0 Å². The molecule has 1 aliphatic heterocycles. The van der Waals surface area contributed by atoms with Crippen molar-refractivity contribution in [2.24, 2.45) is 0 Å². The van der Waals surface area contributed by atoms with E-state index in [1.165, 1.54) is 12.5 Å². The number of nitrogens with one attached hydrogen (secondary N) is 1. The van der Waals surface area contributed by atoms with Crippen LogP contribution in [0.15, 0.2) is 42.5 Å². The van der Waals surface area contributed by atoms with E-state index in [4.69, 9.17) is 0 Å². The summed E-state index contributed by atoms with van der Waals surface area (Å²) in [5, 5.41) is 11.3. The van der Waals surface area contributed by atoms with Crippen LogP contribution in [-0.2, 0) is 13.0 Å². The first kappa shape index (κ1) is 17.4. The summed E-state index contributed by atoms with van der Waals surface area (Å²) >= 11 is 0. The molecular formula is C21H21FN4O. The van der Waals surface area contributed by atoms with Crippen LogP contribution in [0.4, 0.5) is 10.1 Å². The highest BCUT2D eigenvalue weighted by Crippen LogP contribution is 2.27. The molecule has 0 radical (unpaired) electrons. The van der Waals surface area contributed by atoms with Crippen molar-refractivity contribution in [1.29, 1.82) is 0 Å². The standard InChI is InChI=1S/C21H21FN4O/c1-14-6-5-7-16(12-14)21(27)23-18-13-15(9-10-17(18)22)20-25-24-19-8-3-2-4-11-26(19)20/h5-7,9-10,12-13H,2-4,8,11H2,1H3,(H,23,27). The van der Waals surface area contributed by atoms with Gasteiger partial charge in [-0.1, -0.05) is 24.1 Å². The van der Waals surface area contributed by atoms with Crippen LogP contribution < -0.4 is 5.32 Å². The lowest BCUT2D eigenvalue weighted by atomic mass is 10.1. The largest absolute Gasteiger partial charge is 0.319 e. The number of nitrogens with zero attached hydrogens (tertiary/aromatic N) is 3. The molecule has 0 bridgehead atoms. The zero-order valence-electron chi connectivity index (χ0n) is 15.2. The quantitative estimate of drug-likeness (QED) is 0.751. The molecule has 0 fully saturated rings. The molecule has 3 aromatic rings. The van der Waals surface area contributed by atoms with Gasteiger partial charge in [-0.3, -0.25) is 4.79 Å². The molecule has 27 heavy (non-hydrogen) atoms. The van der Waals surface area contributed by atoms with Crippen molar-refractivity contribution in [2.45, 2.75) is 39.2 Å². The van der Waals surface area contributed by atoms with E-state index in [2.05, 4.69) is 20.1 Å². The van der Waals surface area contributed by atoms with Gasteiger partial charge in [0.25, 0.3) is 5.91 Å². The molecule has 0 saturated heterocycles. The summed E-state index contributed by atoms with van der Waals surface area (Å²) in [6.07, 6.45) is 4.27. The number of halogens is 1. The maximum atomic E-state index is 14.3. The van der Waals surface area contributed by atoms with Gasteiger partial charge < -0.3 is 9.88 Å². The maximum Gasteiger partial charge on any atom is 0.255 e. The number of amides is 1. The highest BCUT2D eigenvalue weighted by molar-refractivity contribution is 6.04. The highest BCUT2D eigenvalue weighted by Gasteiger charge is 2.18. The Hall–Kier alpha value is -3.02. The minimum Gasteiger partial charge on any atom is -0.319 e. The van der Waals surface area contributed by atoms with E-state index in [1.54, 1.807) is 24.3 Å². The molecule has 1 N–H and O–H groups in total. The highest BCUT2D eigenvalue weighted by atomic mass is 19.1. The van der Waals surface area contributed by atoms with E-state index in [9.17, 15) is 9.18 Å². The normalized spacial score (nSPS) is 13.7. The molecule has 1 amide bonds. The summed E-state index contributed by atoms with van der Waals surface area (Å²) in [5.74, 6) is 0.875. The van der Waals surface area contributed by atoms with Gasteiger partial charge in [-0.05, 0) is 50.1 Å². The van der Waals surface area contributed by atoms with Gasteiger partial charge in [0.2, 0.25) is 0 Å². The number of anilines is 1. The van der Waals surface area contributed by atoms with Gasteiger partial charge in [-0.2, -0.15) is 0 Å². The summed E-state index contributed by atoms with van der Waals surface area (Å²) in [5.41, 5.74) is 2.36. The molecule has 138 valence electrons. The van der Waals surface area contributed by atoms with Crippen LogP contribution in [0.2, 0.25) is 0 Å². The number of aryl methyl sites for hydroxylation is 2. The second kappa shape index (κ2) is 7.31. The number of aromatic nitrogens is 3. The van der Waals surface area contributed by atoms with Gasteiger partial charge in [-0.15, -0.1) is 10.2 Å². The first-order valence-electron chi connectivity index (χ1n) is 9.22. The van der Waals surface area contributed by atoms with Gasteiger partial charge in [0.15, 0.2) is 5.82 Å². The summed E-state index contributed by atoms with van der Waals surface area (Å²) < 4.78 is 16.4. The number of benzene rings is 2. The van der Waals surface area contributed by atoms with Gasteiger partial charge in [0.1, 0.15) is 11.6 Å². The van der Waals surface area contributed by atoms with Crippen molar-refractivity contribution >= 4 is 11.6 Å². The number of fused-ring (bicyclic) bond motifs is 1. The minimum atomic E-state index is -0.477. The second-order valence-corrected chi connectivity index (χ2v) is 6.92. The van der Waals surface area contributed by atoms with Crippen LogP contribution in [0.5, 0.6) is 0 Å². The molecule has 4 rings (SSSR count). The van der Waals surface area contributed by atoms with Gasteiger partial charge in [0.05, 0.1) is 5.69 Å². The van der Waals surface area contributed by atoms with Crippen LogP contribution in [0.25, 0.3) is 11.4 Å². The topological polar surface area (TPSA) is 59.8 Å². The molecule has 0 spiro atoms. The molecule has 5 nitrogen and oxygen atoms in total. The van der Waals surface area contributed by atoms with Crippen molar-refractivity contribution in [3.8, 4) is 11.4 Å². The predicted molar refractivity (Wildman–Crippen MR) is 102 cm³/mol. The zero-order chi connectivity index (χ0) is 18.8. The number of rotatable bonds is 3. The van der Waals surface area contributed by atoms with Crippen LogP contribution in [0.1, 0.15) is 41.0 Å². The smallest absolute Gasteiger partial charge is 0.255 e. The van der Waals surface area contributed by atoms with Crippen molar-refractivity contribution in [3.05, 3.63) is 65.2 Å². The molecule has 0 unspecified atom stereocenters. The third-order valence-corrected chi connectivity index (χ3v) is 4.86. The van der Waals surface area contributed by atoms with E-state index in [0.29, 0.717) is 5.56 Å². The van der Waals surface area contributed by atoms with Gasteiger partial charge in [-0.25, -0.2) is 4.39 Å². The van der Waals surface area contributed by atoms with Gasteiger partial charge >= 0.3 is 0 Å². The minimum absolute atomic E-state index is 0.143. The SMILES string of the molecule is Cc1cccc(C(=O)Nc2cc(-c3nnc4n3CCCCC4)ccc2F)c1. The third kappa shape index (κ3) is 3.60. The molecule has 6 heteroatoms. The monoisotopic (exact) mass is 364 g/mol. The number of carbonyl (C=O) groups is 1. The molecule has 2 aromatic carbocycles. The van der Waals surface area contributed by atoms with E-state index in [0.717, 1.165) is 48.6 Å². The first-order valence-corrected chi connectivity index (χ1v) is 9.22. The first-order chi connectivity index (χ1) is 13.1. The second-order valence-electron chi connectivity index (χ2n) is 6.92. The molecule has 0 aliphatic carbocycles. The average molecular weight is 364 g/mol. The van der Waals surface area contributed by atoms with Crippen LogP contribution in [0, 0.1) is 12.7 Å². The Labute approximate surface area is 157 Å². The van der Waals surface area contributed by atoms with E-state index in [-0.39, 0.29) is 11.6 Å². The van der Waals surface area contributed by atoms with Gasteiger partial charge in [0, 0.05) is 24.1 Å². The Bertz CT molecular complexity index is 996. The molecule has 2 heterocycles. The van der Waals surface area contributed by atoms with E-state index >= 15 is 0 Å². The molecule has 0 saturated carbocycles. The molecular weight excluding hydrogens is 343 g/mol. The average Bonchev–Trinajstić information content (AvgIpc) is 2.91. The Morgan fingerprint density at radius 1 is 1.11 bits per heavy atom. The summed E-state index contributed by atoms with van der Waals surface area (Å²) in [7, 11) is 0. The maximum absolute atomic E-state index is 14.3.